The fourth-order valence-corrected chi connectivity index (χ4v) is 5.00. The molecule has 31 heavy (non-hydrogen) atoms. The number of anilines is 1. The van der Waals surface area contributed by atoms with E-state index in [9.17, 15) is 4.79 Å². The summed E-state index contributed by atoms with van der Waals surface area (Å²) < 4.78 is 1.80. The molecule has 2 aromatic heterocycles. The molecule has 0 saturated carbocycles. The topological polar surface area (TPSA) is 72.7 Å². The molecule has 2 aromatic carbocycles. The third-order valence-electron chi connectivity index (χ3n) is 4.43. The molecule has 10 heteroatoms. The van der Waals surface area contributed by atoms with E-state index >= 15 is 0 Å². The maximum absolute atomic E-state index is 12.5. The highest BCUT2D eigenvalue weighted by atomic mass is 35.5. The number of aromatic nitrogens is 4. The number of carbonyl (C=O) groups is 1. The first-order valence-corrected chi connectivity index (χ1v) is 11.8. The minimum absolute atomic E-state index is 0.160. The lowest BCUT2D eigenvalue weighted by molar-refractivity contribution is -0.113. The zero-order valence-corrected chi connectivity index (χ0v) is 19.7. The van der Waals surface area contributed by atoms with Crippen LogP contribution in [0.15, 0.2) is 53.7 Å². The monoisotopic (exact) mass is 489 g/mol. The number of halogens is 2. The molecule has 1 amide bonds. The van der Waals surface area contributed by atoms with E-state index in [1.165, 1.54) is 23.1 Å². The van der Waals surface area contributed by atoms with Crippen molar-refractivity contribution >= 4 is 57.3 Å². The summed E-state index contributed by atoms with van der Waals surface area (Å²) >= 11 is 15.0. The average molecular weight is 490 g/mol. The van der Waals surface area contributed by atoms with Crippen LogP contribution in [0.25, 0.3) is 22.6 Å². The molecule has 0 radical (unpaired) electrons. The largest absolute Gasteiger partial charge is 0.305 e. The van der Waals surface area contributed by atoms with Gasteiger partial charge in [0.2, 0.25) is 5.91 Å². The summed E-state index contributed by atoms with van der Waals surface area (Å²) in [6, 6.07) is 15.1. The zero-order valence-electron chi connectivity index (χ0n) is 16.6. The van der Waals surface area contributed by atoms with Gasteiger partial charge >= 0.3 is 0 Å². The SMILES string of the molecule is Cc1sc(NC(=O)CSc2nnc(-c3ccc(Cl)cc3Cl)n2C)nc1-c1ccccc1. The number of hydrogen-bond donors (Lipinski definition) is 1. The summed E-state index contributed by atoms with van der Waals surface area (Å²) in [7, 11) is 1.83. The van der Waals surface area contributed by atoms with Crippen LogP contribution in [0.5, 0.6) is 0 Å². The summed E-state index contributed by atoms with van der Waals surface area (Å²) in [5.74, 6) is 0.625. The molecule has 6 nitrogen and oxygen atoms in total. The number of amides is 1. The van der Waals surface area contributed by atoms with Gasteiger partial charge in [-0.15, -0.1) is 21.5 Å². The number of thioether (sulfide) groups is 1. The normalized spacial score (nSPS) is 11.0. The average Bonchev–Trinajstić information content (AvgIpc) is 3.29. The minimum atomic E-state index is -0.160. The summed E-state index contributed by atoms with van der Waals surface area (Å²) in [4.78, 5) is 18.1. The molecule has 158 valence electrons. The van der Waals surface area contributed by atoms with Gasteiger partial charge in [0, 0.05) is 28.1 Å². The Labute approximate surface area is 197 Å². The van der Waals surface area contributed by atoms with Crippen LogP contribution in [0.1, 0.15) is 4.88 Å². The zero-order chi connectivity index (χ0) is 22.0. The first-order valence-electron chi connectivity index (χ1n) is 9.22. The molecule has 0 aliphatic carbocycles. The summed E-state index contributed by atoms with van der Waals surface area (Å²) in [5.41, 5.74) is 2.63. The molecule has 0 unspecified atom stereocenters. The van der Waals surface area contributed by atoms with E-state index in [1.54, 1.807) is 22.8 Å². The summed E-state index contributed by atoms with van der Waals surface area (Å²) in [6.07, 6.45) is 0. The van der Waals surface area contributed by atoms with E-state index in [2.05, 4.69) is 20.5 Å². The number of nitrogens with zero attached hydrogens (tertiary/aromatic N) is 4. The maximum atomic E-state index is 12.5. The molecule has 4 aromatic rings. The van der Waals surface area contributed by atoms with E-state index in [0.717, 1.165) is 21.7 Å². The number of nitrogens with one attached hydrogen (secondary N) is 1. The van der Waals surface area contributed by atoms with Crippen LogP contribution in [0, 0.1) is 6.92 Å². The lowest BCUT2D eigenvalue weighted by Gasteiger charge is -2.06. The second kappa shape index (κ2) is 9.40. The molecule has 4 rings (SSSR count). The van der Waals surface area contributed by atoms with Crippen molar-refractivity contribution in [1.29, 1.82) is 0 Å². The maximum Gasteiger partial charge on any atom is 0.236 e. The highest BCUT2D eigenvalue weighted by Gasteiger charge is 2.16. The van der Waals surface area contributed by atoms with Gasteiger partial charge in [0.15, 0.2) is 16.1 Å². The molecule has 2 heterocycles. The molecule has 0 spiro atoms. The molecule has 0 saturated heterocycles. The van der Waals surface area contributed by atoms with E-state index in [1.807, 2.05) is 44.3 Å². The molecular formula is C21H17Cl2N5OS2. The molecule has 0 aliphatic rings. The van der Waals surface area contributed by atoms with E-state index in [-0.39, 0.29) is 11.7 Å². The number of benzene rings is 2. The predicted octanol–water partition coefficient (Wildman–Crippen LogP) is 5.95. The van der Waals surface area contributed by atoms with Gasteiger partial charge < -0.3 is 9.88 Å². The lowest BCUT2D eigenvalue weighted by atomic mass is 10.1. The van der Waals surface area contributed by atoms with Gasteiger partial charge in [-0.1, -0.05) is 65.3 Å². The molecule has 0 aliphatic heterocycles. The summed E-state index contributed by atoms with van der Waals surface area (Å²) in [5, 5.41) is 13.5. The second-order valence-electron chi connectivity index (χ2n) is 6.62. The molecule has 0 fully saturated rings. The van der Waals surface area contributed by atoms with Gasteiger partial charge in [-0.05, 0) is 25.1 Å². The number of carbonyl (C=O) groups excluding carboxylic acids is 1. The van der Waals surface area contributed by atoms with Crippen molar-refractivity contribution in [3.63, 3.8) is 0 Å². The van der Waals surface area contributed by atoms with Crippen LogP contribution in [0.2, 0.25) is 10.0 Å². The van der Waals surface area contributed by atoms with Crippen molar-refractivity contribution in [3.05, 3.63) is 63.5 Å². The molecule has 1 N–H and O–H groups in total. The Morgan fingerprint density at radius 2 is 1.94 bits per heavy atom. The Hall–Kier alpha value is -2.39. The van der Waals surface area contributed by atoms with Crippen molar-refractivity contribution in [1.82, 2.24) is 19.7 Å². The van der Waals surface area contributed by atoms with Crippen molar-refractivity contribution < 1.29 is 4.79 Å². The number of rotatable bonds is 6. The first kappa shape index (κ1) is 21.8. The third kappa shape index (κ3) is 4.93. The smallest absolute Gasteiger partial charge is 0.236 e. The molecule has 0 atom stereocenters. The van der Waals surface area contributed by atoms with Gasteiger partial charge in [-0.2, -0.15) is 0 Å². The van der Waals surface area contributed by atoms with Crippen LogP contribution in [-0.4, -0.2) is 31.4 Å². The third-order valence-corrected chi connectivity index (χ3v) is 6.88. The van der Waals surface area contributed by atoms with E-state index in [0.29, 0.717) is 26.2 Å². The van der Waals surface area contributed by atoms with Crippen LogP contribution in [0.4, 0.5) is 5.13 Å². The van der Waals surface area contributed by atoms with Gasteiger partial charge in [-0.3, -0.25) is 4.79 Å². The minimum Gasteiger partial charge on any atom is -0.305 e. The highest BCUT2D eigenvalue weighted by Crippen LogP contribution is 2.32. The standard InChI is InChI=1S/C21H17Cl2N5OS2/c1-12-18(13-6-4-3-5-7-13)25-20(31-12)24-17(29)11-30-21-27-26-19(28(21)2)15-9-8-14(22)10-16(15)23/h3-10H,11H2,1-2H3,(H,24,25,29). The number of hydrogen-bond acceptors (Lipinski definition) is 6. The Morgan fingerprint density at radius 3 is 2.68 bits per heavy atom. The second-order valence-corrected chi connectivity index (χ2v) is 9.61. The van der Waals surface area contributed by atoms with Gasteiger partial charge in [0.05, 0.1) is 16.5 Å². The number of aryl methyl sites for hydroxylation is 1. The van der Waals surface area contributed by atoms with E-state index < -0.39 is 0 Å². The fourth-order valence-electron chi connectivity index (χ4n) is 2.95. The highest BCUT2D eigenvalue weighted by molar-refractivity contribution is 7.99. The number of thiazole rings is 1. The van der Waals surface area contributed by atoms with Gasteiger partial charge in [0.25, 0.3) is 0 Å². The van der Waals surface area contributed by atoms with Crippen molar-refractivity contribution in [2.75, 3.05) is 11.1 Å². The van der Waals surface area contributed by atoms with E-state index in [4.69, 9.17) is 23.2 Å². The Bertz CT molecular complexity index is 1240. The quantitative estimate of drug-likeness (QED) is 0.338. The summed E-state index contributed by atoms with van der Waals surface area (Å²) in [6.45, 7) is 1.99. The first-order chi connectivity index (χ1) is 14.9. The van der Waals surface area contributed by atoms with Gasteiger partial charge in [-0.25, -0.2) is 4.98 Å². The predicted molar refractivity (Wildman–Crippen MR) is 128 cm³/mol. The van der Waals surface area contributed by atoms with Crippen molar-refractivity contribution in [2.24, 2.45) is 7.05 Å². The van der Waals surface area contributed by atoms with Crippen LogP contribution in [0.3, 0.4) is 0 Å². The Balaban J connectivity index is 1.41. The van der Waals surface area contributed by atoms with Crippen molar-refractivity contribution in [2.45, 2.75) is 12.1 Å². The molecular weight excluding hydrogens is 473 g/mol. The van der Waals surface area contributed by atoms with Crippen LogP contribution >= 0.6 is 46.3 Å². The lowest BCUT2D eigenvalue weighted by Crippen LogP contribution is -2.14. The Morgan fingerprint density at radius 1 is 1.16 bits per heavy atom. The van der Waals surface area contributed by atoms with Crippen LogP contribution < -0.4 is 5.32 Å². The van der Waals surface area contributed by atoms with Gasteiger partial charge in [0.1, 0.15) is 0 Å². The van der Waals surface area contributed by atoms with Crippen LogP contribution in [-0.2, 0) is 11.8 Å². The van der Waals surface area contributed by atoms with Crippen molar-refractivity contribution in [3.8, 4) is 22.6 Å². The Kier molecular flexibility index (Phi) is 6.62. The molecule has 0 bridgehead atoms. The fraction of sp³-hybridized carbons (Fsp3) is 0.143.